The average Bonchev–Trinajstić information content (AvgIpc) is 2.33. The molecule has 0 aromatic heterocycles. The van der Waals surface area contributed by atoms with Crippen molar-refractivity contribution in [3.63, 3.8) is 0 Å². The first-order valence-corrected chi connectivity index (χ1v) is 6.49. The van der Waals surface area contributed by atoms with Gasteiger partial charge >= 0.3 is 154 Å². The smallest absolute Gasteiger partial charge is 0.790 e. The summed E-state index contributed by atoms with van der Waals surface area (Å²) in [4.78, 5) is 42.8. The van der Waals surface area contributed by atoms with Gasteiger partial charge in [0, 0.05) is 5.56 Å². The Morgan fingerprint density at radius 3 is 2.05 bits per heavy atom. The topological polar surface area (TPSA) is 142 Å². The number of phosphoric acid groups is 1. The normalized spacial score (nSPS) is 11.0. The maximum absolute atomic E-state index is 11.6. The predicted octanol–water partition coefficient (Wildman–Crippen LogP) is -11.6. The molecule has 1 rings (SSSR count). The predicted molar refractivity (Wildman–Crippen MR) is 56.3 cm³/mol. The summed E-state index contributed by atoms with van der Waals surface area (Å²) in [5.41, 5.74) is 0.168. The van der Waals surface area contributed by atoms with Crippen molar-refractivity contribution in [1.29, 1.82) is 0 Å². The largest absolute Gasteiger partial charge is 1.00 e. The van der Waals surface area contributed by atoms with E-state index in [-0.39, 0.29) is 160 Å². The number of nitrogens with one attached hydrogen (secondary N) is 1. The molecule has 0 spiro atoms. The summed E-state index contributed by atoms with van der Waals surface area (Å²) in [6.07, 6.45) is 0. The van der Waals surface area contributed by atoms with E-state index in [4.69, 9.17) is 0 Å². The van der Waals surface area contributed by atoms with Gasteiger partial charge in [0.15, 0.2) is 0 Å². The minimum absolute atomic E-state index is 0. The van der Waals surface area contributed by atoms with E-state index in [1.807, 2.05) is 5.32 Å². The Morgan fingerprint density at radius 2 is 1.64 bits per heavy atom. The quantitative estimate of drug-likeness (QED) is 0.367. The van der Waals surface area contributed by atoms with Gasteiger partial charge in [-0.3, -0.25) is 4.79 Å². The molecule has 1 atom stereocenters. The molecule has 0 heterocycles. The number of rotatable bonds is 6. The number of carbonyl (C=O) groups is 2. The molecule has 0 aliphatic heterocycles. The molecule has 1 aromatic carbocycles. The number of carbonyl (C=O) groups excluding carboxylic acids is 2. The minimum Gasteiger partial charge on any atom is -0.790 e. The molecule has 0 unspecified atom stereocenters. The van der Waals surface area contributed by atoms with E-state index >= 15 is 0 Å². The zero-order valence-electron chi connectivity index (χ0n) is 12.5. The number of benzene rings is 1. The second kappa shape index (κ2) is 15.3. The van der Waals surface area contributed by atoms with Crippen LogP contribution in [0.3, 0.4) is 0 Å². The SMILES string of the molecule is O=C(N[C@@H](COP(=O)([O-])[O-])C(=O)[O-])c1ccccc1.[K+].[K+].[K+]. The van der Waals surface area contributed by atoms with Crippen LogP contribution in [0.4, 0.5) is 0 Å². The van der Waals surface area contributed by atoms with Crippen LogP contribution in [-0.2, 0) is 13.9 Å². The zero-order chi connectivity index (χ0) is 14.5. The van der Waals surface area contributed by atoms with Crippen molar-refractivity contribution in [2.24, 2.45) is 0 Å². The molecule has 0 aliphatic carbocycles. The van der Waals surface area contributed by atoms with Crippen molar-refractivity contribution in [3.05, 3.63) is 35.9 Å². The summed E-state index contributed by atoms with van der Waals surface area (Å²) < 4.78 is 14.0. The van der Waals surface area contributed by atoms with Crippen LogP contribution in [0.25, 0.3) is 0 Å². The fourth-order valence-electron chi connectivity index (χ4n) is 1.17. The molecule has 8 nitrogen and oxygen atoms in total. The van der Waals surface area contributed by atoms with Crippen LogP contribution in [0, 0.1) is 0 Å². The molecular weight excluding hydrogens is 394 g/mol. The van der Waals surface area contributed by atoms with Gasteiger partial charge in [0.25, 0.3) is 5.91 Å². The van der Waals surface area contributed by atoms with Crippen LogP contribution in [0.15, 0.2) is 30.3 Å². The van der Waals surface area contributed by atoms with Crippen molar-refractivity contribution in [3.8, 4) is 0 Å². The molecule has 1 aromatic rings. The van der Waals surface area contributed by atoms with Gasteiger partial charge in [0.05, 0.1) is 26.4 Å². The molecule has 104 valence electrons. The number of hydrogen-bond acceptors (Lipinski definition) is 7. The zero-order valence-corrected chi connectivity index (χ0v) is 22.7. The second-order valence-corrected chi connectivity index (χ2v) is 4.61. The summed E-state index contributed by atoms with van der Waals surface area (Å²) in [6, 6.07) is 5.88. The monoisotopic (exact) mass is 403 g/mol. The van der Waals surface area contributed by atoms with E-state index in [1.54, 1.807) is 18.2 Å². The first kappa shape index (κ1) is 29.9. The van der Waals surface area contributed by atoms with Gasteiger partial charge < -0.3 is 34.1 Å². The Bertz CT molecular complexity index is 511. The Labute approximate surface area is 255 Å². The number of hydrogen-bond donors (Lipinski definition) is 1. The van der Waals surface area contributed by atoms with E-state index in [9.17, 15) is 29.0 Å². The Hall–Kier alpha value is 3.18. The van der Waals surface area contributed by atoms with Crippen LogP contribution in [0.5, 0.6) is 0 Å². The second-order valence-electron chi connectivity index (χ2n) is 3.45. The molecule has 0 aliphatic rings. The summed E-state index contributed by atoms with van der Waals surface area (Å²) in [5, 5.41) is 12.7. The van der Waals surface area contributed by atoms with Crippen molar-refractivity contribution >= 4 is 19.7 Å². The minimum atomic E-state index is -5.32. The van der Waals surface area contributed by atoms with Crippen LogP contribution in [0.1, 0.15) is 10.4 Å². The summed E-state index contributed by atoms with van der Waals surface area (Å²) in [5.74, 6) is -2.53. The number of carboxylic acid groups (broad SMARTS) is 1. The van der Waals surface area contributed by atoms with Gasteiger partial charge in [-0.2, -0.15) is 0 Å². The fourth-order valence-corrected chi connectivity index (χ4v) is 1.50. The van der Waals surface area contributed by atoms with Gasteiger partial charge in [-0.25, -0.2) is 0 Å². The third-order valence-electron chi connectivity index (χ3n) is 2.03. The maximum Gasteiger partial charge on any atom is 1.00 e. The van der Waals surface area contributed by atoms with Crippen LogP contribution in [0.2, 0.25) is 0 Å². The summed E-state index contributed by atoms with van der Waals surface area (Å²) in [6.45, 7) is -1.02. The van der Waals surface area contributed by atoms with Gasteiger partial charge in [-0.05, 0) is 12.1 Å². The van der Waals surface area contributed by atoms with Gasteiger partial charge in [-0.1, -0.05) is 18.2 Å². The molecule has 22 heavy (non-hydrogen) atoms. The maximum atomic E-state index is 11.6. The first-order chi connectivity index (χ1) is 8.79. The van der Waals surface area contributed by atoms with E-state index in [1.165, 1.54) is 12.1 Å². The summed E-state index contributed by atoms with van der Waals surface area (Å²) in [7, 11) is -5.32. The van der Waals surface area contributed by atoms with E-state index in [2.05, 4.69) is 4.52 Å². The fraction of sp³-hybridized carbons (Fsp3) is 0.200. The Kier molecular flexibility index (Phi) is 20.8. The van der Waals surface area contributed by atoms with Crippen LogP contribution >= 0.6 is 7.82 Å². The third-order valence-corrected chi connectivity index (χ3v) is 2.49. The van der Waals surface area contributed by atoms with Crippen LogP contribution < -0.4 is 174 Å². The Morgan fingerprint density at radius 1 is 1.14 bits per heavy atom. The first-order valence-electron chi connectivity index (χ1n) is 5.03. The molecule has 1 amide bonds. The van der Waals surface area contributed by atoms with Crippen molar-refractivity contribution in [1.82, 2.24) is 5.32 Å². The van der Waals surface area contributed by atoms with Gasteiger partial charge in [0.2, 0.25) is 0 Å². The number of phosphoric ester groups is 1. The molecule has 1 N–H and O–H groups in total. The third kappa shape index (κ3) is 13.4. The van der Waals surface area contributed by atoms with E-state index in [0.29, 0.717) is 0 Å². The molecule has 0 bridgehead atoms. The average molecular weight is 403 g/mol. The molecule has 0 fully saturated rings. The molecule has 0 radical (unpaired) electrons. The number of amides is 1. The van der Waals surface area contributed by atoms with E-state index < -0.39 is 32.3 Å². The van der Waals surface area contributed by atoms with Gasteiger partial charge in [-0.15, -0.1) is 0 Å². The molecular formula is C10H9K3NO7P. The standard InChI is InChI=1S/C10H12NO7P.3K/c12-9(7-4-2-1-3-5-7)11-8(10(13)14)6-18-19(15,16)17;;;/h1-5,8H,6H2,(H,11,12)(H,13,14)(H2,15,16,17);;;/q;3*+1/p-3/t8-;;;/m0.../s1. The van der Waals surface area contributed by atoms with Gasteiger partial charge in [0.1, 0.15) is 0 Å². The Balaban J connectivity index is -0.00000120. The van der Waals surface area contributed by atoms with Crippen LogP contribution in [-0.4, -0.2) is 24.5 Å². The molecule has 0 saturated carbocycles. The number of carboxylic acids is 1. The number of aliphatic carboxylic acids is 1. The van der Waals surface area contributed by atoms with Crippen molar-refractivity contribution < 1.29 is 188 Å². The van der Waals surface area contributed by atoms with Crippen molar-refractivity contribution in [2.45, 2.75) is 6.04 Å². The summed E-state index contributed by atoms with van der Waals surface area (Å²) >= 11 is 0. The van der Waals surface area contributed by atoms with E-state index in [0.717, 1.165) is 0 Å². The van der Waals surface area contributed by atoms with Crippen molar-refractivity contribution in [2.75, 3.05) is 6.61 Å². The molecule has 0 saturated heterocycles. The molecule has 12 heteroatoms.